The fourth-order valence-electron chi connectivity index (χ4n) is 2.61. The average Bonchev–Trinajstić information content (AvgIpc) is 3.08. The molecule has 3 aromatic rings. The van der Waals surface area contributed by atoms with Gasteiger partial charge in [-0.25, -0.2) is 0 Å². The predicted octanol–water partition coefficient (Wildman–Crippen LogP) is 3.62. The van der Waals surface area contributed by atoms with Crippen LogP contribution in [0, 0.1) is 0 Å². The molecule has 0 aliphatic heterocycles. The van der Waals surface area contributed by atoms with Crippen LogP contribution in [-0.4, -0.2) is 40.1 Å². The first kappa shape index (κ1) is 19.8. The molecule has 1 atom stereocenters. The van der Waals surface area contributed by atoms with Gasteiger partial charge in [-0.05, 0) is 43.3 Å². The lowest BCUT2D eigenvalue weighted by Gasteiger charge is -2.12. The highest BCUT2D eigenvalue weighted by Gasteiger charge is 2.20. The van der Waals surface area contributed by atoms with Crippen LogP contribution in [0.2, 0.25) is 0 Å². The number of hydrogen-bond donors (Lipinski definition) is 1. The lowest BCUT2D eigenvalue weighted by molar-refractivity contribution is -0.115. The Hall–Kier alpha value is -3.00. The number of nitrogens with one attached hydrogen (secondary N) is 1. The molecule has 1 N–H and O–H groups in total. The van der Waals surface area contributed by atoms with Crippen LogP contribution in [0.1, 0.15) is 6.92 Å². The van der Waals surface area contributed by atoms with Crippen LogP contribution in [0.15, 0.2) is 53.7 Å². The summed E-state index contributed by atoms with van der Waals surface area (Å²) in [5, 5.41) is 11.7. The Bertz CT molecular complexity index is 956. The van der Waals surface area contributed by atoms with Gasteiger partial charge in [-0.2, -0.15) is 0 Å². The zero-order chi connectivity index (χ0) is 20.1. The summed E-state index contributed by atoms with van der Waals surface area (Å²) in [4.78, 5) is 12.5. The molecule has 0 aliphatic carbocycles. The molecule has 146 valence electrons. The Balaban J connectivity index is 1.71. The Morgan fingerprint density at radius 1 is 1.07 bits per heavy atom. The molecule has 1 aromatic heterocycles. The molecule has 1 heterocycles. The van der Waals surface area contributed by atoms with Gasteiger partial charge < -0.3 is 19.4 Å². The van der Waals surface area contributed by atoms with E-state index in [1.807, 2.05) is 42.8 Å². The number of para-hydroxylation sites is 1. The third kappa shape index (κ3) is 4.28. The molecular formula is C20H22N4O3S. The highest BCUT2D eigenvalue weighted by molar-refractivity contribution is 8.00. The van der Waals surface area contributed by atoms with Crippen molar-refractivity contribution in [3.05, 3.63) is 48.5 Å². The van der Waals surface area contributed by atoms with Gasteiger partial charge in [0.25, 0.3) is 0 Å². The van der Waals surface area contributed by atoms with E-state index in [0.29, 0.717) is 16.7 Å². The topological polar surface area (TPSA) is 78.3 Å². The Morgan fingerprint density at radius 2 is 1.79 bits per heavy atom. The summed E-state index contributed by atoms with van der Waals surface area (Å²) in [6.45, 7) is 1.83. The summed E-state index contributed by atoms with van der Waals surface area (Å²) < 4.78 is 12.4. The fourth-order valence-corrected chi connectivity index (χ4v) is 3.43. The number of aromatic nitrogens is 3. The van der Waals surface area contributed by atoms with Gasteiger partial charge in [0.05, 0.1) is 25.0 Å². The maximum Gasteiger partial charge on any atom is 0.237 e. The fraction of sp³-hybridized carbons (Fsp3) is 0.250. The molecule has 0 fully saturated rings. The second-order valence-corrected chi connectivity index (χ2v) is 7.35. The van der Waals surface area contributed by atoms with Crippen LogP contribution in [0.25, 0.3) is 11.4 Å². The second-order valence-electron chi connectivity index (χ2n) is 6.04. The number of hydrogen-bond acceptors (Lipinski definition) is 6. The van der Waals surface area contributed by atoms with Crippen molar-refractivity contribution in [1.82, 2.24) is 14.8 Å². The number of amides is 1. The van der Waals surface area contributed by atoms with Crippen molar-refractivity contribution in [3.63, 3.8) is 0 Å². The summed E-state index contributed by atoms with van der Waals surface area (Å²) in [5.74, 6) is 2.03. The van der Waals surface area contributed by atoms with E-state index < -0.39 is 0 Å². The summed E-state index contributed by atoms with van der Waals surface area (Å²) >= 11 is 1.35. The number of methoxy groups -OCH3 is 2. The largest absolute Gasteiger partial charge is 0.497 e. The summed E-state index contributed by atoms with van der Waals surface area (Å²) in [6, 6.07) is 14.8. The van der Waals surface area contributed by atoms with Gasteiger partial charge in [-0.15, -0.1) is 10.2 Å². The minimum atomic E-state index is -0.351. The number of rotatable bonds is 7. The molecule has 0 aliphatic rings. The average molecular weight is 398 g/mol. The Kier molecular flexibility index (Phi) is 6.20. The van der Waals surface area contributed by atoms with Gasteiger partial charge in [-0.1, -0.05) is 23.9 Å². The smallest absolute Gasteiger partial charge is 0.237 e. The second kappa shape index (κ2) is 8.79. The van der Waals surface area contributed by atoms with E-state index in [1.165, 1.54) is 11.8 Å². The maximum absolute atomic E-state index is 12.5. The van der Waals surface area contributed by atoms with Crippen LogP contribution < -0.4 is 14.8 Å². The maximum atomic E-state index is 12.5. The number of thioether (sulfide) groups is 1. The number of carbonyl (C=O) groups is 1. The SMILES string of the molecule is COc1ccc(NC(=O)[C@H](C)Sc2nnc(-c3ccccc3OC)n2C)cc1. The molecule has 0 bridgehead atoms. The lowest BCUT2D eigenvalue weighted by Crippen LogP contribution is -2.22. The van der Waals surface area contributed by atoms with Gasteiger partial charge >= 0.3 is 0 Å². The molecule has 0 spiro atoms. The molecule has 28 heavy (non-hydrogen) atoms. The quantitative estimate of drug-likeness (QED) is 0.613. The third-order valence-corrected chi connectivity index (χ3v) is 5.33. The van der Waals surface area contributed by atoms with Crippen molar-refractivity contribution in [1.29, 1.82) is 0 Å². The van der Waals surface area contributed by atoms with E-state index in [4.69, 9.17) is 9.47 Å². The van der Waals surface area contributed by atoms with Crippen LogP contribution in [0.3, 0.4) is 0 Å². The highest BCUT2D eigenvalue weighted by atomic mass is 32.2. The van der Waals surface area contributed by atoms with E-state index in [2.05, 4.69) is 15.5 Å². The highest BCUT2D eigenvalue weighted by Crippen LogP contribution is 2.31. The van der Waals surface area contributed by atoms with Crippen molar-refractivity contribution in [2.24, 2.45) is 7.05 Å². The van der Waals surface area contributed by atoms with Crippen molar-refractivity contribution >= 4 is 23.4 Å². The molecular weight excluding hydrogens is 376 g/mol. The van der Waals surface area contributed by atoms with Crippen molar-refractivity contribution in [2.45, 2.75) is 17.3 Å². The first-order chi connectivity index (χ1) is 13.5. The van der Waals surface area contributed by atoms with Crippen molar-refractivity contribution in [3.8, 4) is 22.9 Å². The standard InChI is InChI=1S/C20H22N4O3S/c1-13(19(25)21-14-9-11-15(26-3)12-10-14)28-20-23-22-18(24(20)2)16-7-5-6-8-17(16)27-4/h5-13H,1-4H3,(H,21,25)/t13-/m0/s1. The van der Waals surface area contributed by atoms with Gasteiger partial charge in [-0.3, -0.25) is 4.79 Å². The number of anilines is 1. The van der Waals surface area contributed by atoms with E-state index in [1.54, 1.807) is 38.5 Å². The van der Waals surface area contributed by atoms with Crippen molar-refractivity contribution < 1.29 is 14.3 Å². The molecule has 0 saturated carbocycles. The zero-order valence-electron chi connectivity index (χ0n) is 16.2. The van der Waals surface area contributed by atoms with Gasteiger partial charge in [0.15, 0.2) is 11.0 Å². The molecule has 0 unspecified atom stereocenters. The van der Waals surface area contributed by atoms with E-state index >= 15 is 0 Å². The van der Waals surface area contributed by atoms with E-state index in [0.717, 1.165) is 17.1 Å². The number of carbonyl (C=O) groups excluding carboxylic acids is 1. The van der Waals surface area contributed by atoms with Gasteiger partial charge in [0.1, 0.15) is 11.5 Å². The number of ether oxygens (including phenoxy) is 2. The van der Waals surface area contributed by atoms with E-state index in [9.17, 15) is 4.79 Å². The minimum Gasteiger partial charge on any atom is -0.497 e. The predicted molar refractivity (Wildman–Crippen MR) is 110 cm³/mol. The lowest BCUT2D eigenvalue weighted by atomic mass is 10.2. The molecule has 2 aromatic carbocycles. The normalized spacial score (nSPS) is 11.7. The van der Waals surface area contributed by atoms with Crippen LogP contribution in [-0.2, 0) is 11.8 Å². The Labute approximate surface area is 168 Å². The van der Waals surface area contributed by atoms with Crippen molar-refractivity contribution in [2.75, 3.05) is 19.5 Å². The monoisotopic (exact) mass is 398 g/mol. The van der Waals surface area contributed by atoms with Crippen LogP contribution in [0.4, 0.5) is 5.69 Å². The number of nitrogens with zero attached hydrogens (tertiary/aromatic N) is 3. The molecule has 1 amide bonds. The van der Waals surface area contributed by atoms with Crippen LogP contribution >= 0.6 is 11.8 Å². The van der Waals surface area contributed by atoms with Crippen LogP contribution in [0.5, 0.6) is 11.5 Å². The summed E-state index contributed by atoms with van der Waals surface area (Å²) in [7, 11) is 5.10. The van der Waals surface area contributed by atoms with Gasteiger partial charge in [0, 0.05) is 12.7 Å². The molecule has 3 rings (SSSR count). The van der Waals surface area contributed by atoms with E-state index in [-0.39, 0.29) is 11.2 Å². The first-order valence-electron chi connectivity index (χ1n) is 8.68. The third-order valence-electron chi connectivity index (χ3n) is 4.19. The molecule has 7 nitrogen and oxygen atoms in total. The minimum absolute atomic E-state index is 0.114. The number of benzene rings is 2. The summed E-state index contributed by atoms with van der Waals surface area (Å²) in [5.41, 5.74) is 1.56. The molecule has 8 heteroatoms. The van der Waals surface area contributed by atoms with Gasteiger partial charge in [0.2, 0.25) is 5.91 Å². The first-order valence-corrected chi connectivity index (χ1v) is 9.55. The molecule has 0 saturated heterocycles. The Morgan fingerprint density at radius 3 is 2.46 bits per heavy atom. The molecule has 0 radical (unpaired) electrons. The summed E-state index contributed by atoms with van der Waals surface area (Å²) in [6.07, 6.45) is 0. The zero-order valence-corrected chi connectivity index (χ0v) is 17.0.